The molecule has 0 aliphatic carbocycles. The molecule has 2 aliphatic rings. The number of carbonyl (C=O) groups is 1. The number of halogens is 3. The highest BCUT2D eigenvalue weighted by atomic mass is 19.4. The Kier molecular flexibility index (Phi) is 6.27. The summed E-state index contributed by atoms with van der Waals surface area (Å²) in [5.41, 5.74) is -1.68. The minimum Gasteiger partial charge on any atom is -0.378 e. The van der Waals surface area contributed by atoms with Crippen LogP contribution in [0.2, 0.25) is 0 Å². The summed E-state index contributed by atoms with van der Waals surface area (Å²) in [6.45, 7) is 5.34. The number of hydrogen-bond acceptors (Lipinski definition) is 6. The Morgan fingerprint density at radius 1 is 1.14 bits per heavy atom. The summed E-state index contributed by atoms with van der Waals surface area (Å²) in [7, 11) is 0. The van der Waals surface area contributed by atoms with E-state index in [1.807, 2.05) is 4.90 Å². The van der Waals surface area contributed by atoms with E-state index < -0.39 is 22.4 Å². The Balaban J connectivity index is 1.69. The lowest BCUT2D eigenvalue weighted by Crippen LogP contribution is -2.56. The molecular formula is C18H23F3N4O4. The van der Waals surface area contributed by atoms with Crippen molar-refractivity contribution in [2.24, 2.45) is 0 Å². The molecule has 0 radical (unpaired) electrons. The third kappa shape index (κ3) is 4.78. The number of piperazine rings is 1. The van der Waals surface area contributed by atoms with E-state index >= 15 is 0 Å². The number of hydrogen-bond donors (Lipinski definition) is 0. The summed E-state index contributed by atoms with van der Waals surface area (Å²) in [5.74, 6) is -0.00642. The standard InChI is InChI=1S/C18H23F3N4O4/c1-13(17(26)24-8-10-29-11-9-24)22-4-6-23(7-5-22)16-3-2-14(25(27)28)12-15(16)18(19,20)21/h2-3,12-13H,4-11H2,1H3. The van der Waals surface area contributed by atoms with Crippen LogP contribution in [0.4, 0.5) is 24.5 Å². The van der Waals surface area contributed by atoms with E-state index in [-0.39, 0.29) is 17.6 Å². The summed E-state index contributed by atoms with van der Waals surface area (Å²) in [6.07, 6.45) is -4.70. The van der Waals surface area contributed by atoms with Gasteiger partial charge in [-0.25, -0.2) is 0 Å². The van der Waals surface area contributed by atoms with Crippen molar-refractivity contribution >= 4 is 17.3 Å². The first-order chi connectivity index (χ1) is 13.7. The molecule has 8 nitrogen and oxygen atoms in total. The minimum atomic E-state index is -4.70. The lowest BCUT2D eigenvalue weighted by molar-refractivity contribution is -0.385. The number of carbonyl (C=O) groups excluding carboxylic acids is 1. The number of non-ortho nitro benzene ring substituents is 1. The van der Waals surface area contributed by atoms with Crippen molar-refractivity contribution < 1.29 is 27.6 Å². The van der Waals surface area contributed by atoms with Crippen LogP contribution in [-0.2, 0) is 15.7 Å². The van der Waals surface area contributed by atoms with Crippen molar-refractivity contribution in [3.63, 3.8) is 0 Å². The fourth-order valence-corrected chi connectivity index (χ4v) is 3.69. The van der Waals surface area contributed by atoms with Crippen LogP contribution in [0, 0.1) is 10.1 Å². The Hall–Kier alpha value is -2.40. The number of amides is 1. The molecule has 0 spiro atoms. The van der Waals surface area contributed by atoms with Crippen molar-refractivity contribution in [2.75, 3.05) is 57.4 Å². The zero-order valence-electron chi connectivity index (χ0n) is 16.0. The van der Waals surface area contributed by atoms with E-state index in [1.54, 1.807) is 16.7 Å². The molecule has 2 fully saturated rings. The highest BCUT2D eigenvalue weighted by molar-refractivity contribution is 5.81. The molecule has 0 aromatic heterocycles. The Bertz CT molecular complexity index is 760. The van der Waals surface area contributed by atoms with Gasteiger partial charge in [-0.2, -0.15) is 13.2 Å². The van der Waals surface area contributed by atoms with Crippen molar-refractivity contribution in [3.8, 4) is 0 Å². The average molecular weight is 416 g/mol. The molecule has 2 aliphatic heterocycles. The molecule has 1 amide bonds. The first-order valence-corrected chi connectivity index (χ1v) is 9.39. The number of benzene rings is 1. The lowest BCUT2D eigenvalue weighted by atomic mass is 10.1. The lowest BCUT2D eigenvalue weighted by Gasteiger charge is -2.40. The predicted molar refractivity (Wildman–Crippen MR) is 98.7 cm³/mol. The molecule has 2 heterocycles. The molecule has 1 aromatic rings. The third-order valence-electron chi connectivity index (χ3n) is 5.38. The first kappa shape index (κ1) is 21.3. The fourth-order valence-electron chi connectivity index (χ4n) is 3.69. The number of morpholine rings is 1. The van der Waals surface area contributed by atoms with Gasteiger partial charge in [-0.05, 0) is 13.0 Å². The summed E-state index contributed by atoms with van der Waals surface area (Å²) in [4.78, 5) is 27.9. The quantitative estimate of drug-likeness (QED) is 0.552. The highest BCUT2D eigenvalue weighted by Crippen LogP contribution is 2.39. The molecule has 29 heavy (non-hydrogen) atoms. The van der Waals surface area contributed by atoms with Gasteiger partial charge >= 0.3 is 6.18 Å². The average Bonchev–Trinajstić information content (AvgIpc) is 2.72. The van der Waals surface area contributed by atoms with Crippen LogP contribution in [0.5, 0.6) is 0 Å². The third-order valence-corrected chi connectivity index (χ3v) is 5.38. The summed E-state index contributed by atoms with van der Waals surface area (Å²) in [5, 5.41) is 10.9. The van der Waals surface area contributed by atoms with Crippen LogP contribution in [0.25, 0.3) is 0 Å². The molecule has 0 N–H and O–H groups in total. The van der Waals surface area contributed by atoms with Gasteiger partial charge in [0.2, 0.25) is 5.91 Å². The van der Waals surface area contributed by atoms with Gasteiger partial charge in [0.1, 0.15) is 0 Å². The number of alkyl halides is 3. The highest BCUT2D eigenvalue weighted by Gasteiger charge is 2.38. The van der Waals surface area contributed by atoms with Gasteiger partial charge in [0.25, 0.3) is 5.69 Å². The van der Waals surface area contributed by atoms with Crippen molar-refractivity contribution in [1.82, 2.24) is 9.80 Å². The second-order valence-corrected chi connectivity index (χ2v) is 7.09. The Morgan fingerprint density at radius 3 is 2.31 bits per heavy atom. The Morgan fingerprint density at radius 2 is 1.76 bits per heavy atom. The van der Waals surface area contributed by atoms with Crippen LogP contribution in [-0.4, -0.2) is 79.2 Å². The van der Waals surface area contributed by atoms with E-state index in [9.17, 15) is 28.1 Å². The van der Waals surface area contributed by atoms with Gasteiger partial charge in [-0.3, -0.25) is 19.8 Å². The molecule has 0 bridgehead atoms. The minimum absolute atomic E-state index is 0.00642. The monoisotopic (exact) mass is 416 g/mol. The van der Waals surface area contributed by atoms with Crippen molar-refractivity contribution in [1.29, 1.82) is 0 Å². The second-order valence-electron chi connectivity index (χ2n) is 7.09. The topological polar surface area (TPSA) is 79.2 Å². The summed E-state index contributed by atoms with van der Waals surface area (Å²) in [6, 6.07) is 2.45. The number of rotatable bonds is 4. The Labute approximate surface area is 166 Å². The van der Waals surface area contributed by atoms with Crippen LogP contribution in [0.3, 0.4) is 0 Å². The molecule has 0 saturated carbocycles. The predicted octanol–water partition coefficient (Wildman–Crippen LogP) is 1.98. The number of ether oxygens (including phenoxy) is 1. The van der Waals surface area contributed by atoms with Gasteiger partial charge in [0.05, 0.1) is 29.7 Å². The SMILES string of the molecule is CC(C(=O)N1CCOCC1)N1CCN(c2ccc([N+](=O)[O-])cc2C(F)(F)F)CC1. The molecule has 3 rings (SSSR count). The van der Waals surface area contributed by atoms with Gasteiger partial charge in [0, 0.05) is 57.1 Å². The molecule has 1 aromatic carbocycles. The smallest absolute Gasteiger partial charge is 0.378 e. The number of anilines is 1. The zero-order chi connectivity index (χ0) is 21.2. The van der Waals surface area contributed by atoms with E-state index in [0.29, 0.717) is 58.5 Å². The first-order valence-electron chi connectivity index (χ1n) is 9.39. The maximum Gasteiger partial charge on any atom is 0.418 e. The number of nitrogens with zero attached hydrogens (tertiary/aromatic N) is 4. The fraction of sp³-hybridized carbons (Fsp3) is 0.611. The van der Waals surface area contributed by atoms with Gasteiger partial charge in [0.15, 0.2) is 0 Å². The molecule has 160 valence electrons. The molecular weight excluding hydrogens is 393 g/mol. The zero-order valence-corrected chi connectivity index (χ0v) is 16.0. The summed E-state index contributed by atoms with van der Waals surface area (Å²) >= 11 is 0. The van der Waals surface area contributed by atoms with Crippen LogP contribution < -0.4 is 4.90 Å². The van der Waals surface area contributed by atoms with E-state index in [4.69, 9.17) is 4.74 Å². The largest absolute Gasteiger partial charge is 0.418 e. The molecule has 1 unspecified atom stereocenters. The maximum atomic E-state index is 13.4. The van der Waals surface area contributed by atoms with Crippen molar-refractivity contribution in [3.05, 3.63) is 33.9 Å². The van der Waals surface area contributed by atoms with E-state index in [2.05, 4.69) is 0 Å². The van der Waals surface area contributed by atoms with Crippen LogP contribution in [0.15, 0.2) is 18.2 Å². The van der Waals surface area contributed by atoms with Crippen molar-refractivity contribution in [2.45, 2.75) is 19.1 Å². The van der Waals surface area contributed by atoms with E-state index in [0.717, 1.165) is 12.1 Å². The number of nitro benzene ring substituents is 1. The van der Waals surface area contributed by atoms with Gasteiger partial charge in [-0.15, -0.1) is 0 Å². The van der Waals surface area contributed by atoms with E-state index in [1.165, 1.54) is 0 Å². The molecule has 2 saturated heterocycles. The van der Waals surface area contributed by atoms with Gasteiger partial charge in [-0.1, -0.05) is 0 Å². The maximum absolute atomic E-state index is 13.4. The van der Waals surface area contributed by atoms with Crippen LogP contribution in [0.1, 0.15) is 12.5 Å². The number of nitro groups is 1. The van der Waals surface area contributed by atoms with Crippen LogP contribution >= 0.6 is 0 Å². The second kappa shape index (κ2) is 8.54. The molecule has 1 atom stereocenters. The van der Waals surface area contributed by atoms with Gasteiger partial charge < -0.3 is 14.5 Å². The molecule has 11 heteroatoms. The summed E-state index contributed by atoms with van der Waals surface area (Å²) < 4.78 is 45.6. The normalized spacial score (nSPS) is 19.9.